The molecule has 0 saturated carbocycles. The maximum atomic E-state index is 13.3. The molecule has 0 aliphatic rings. The van der Waals surface area contributed by atoms with Gasteiger partial charge in [-0.05, 0) is 98.4 Å². The number of hydrogen-bond acceptors (Lipinski definition) is 4. The Kier molecular flexibility index (Phi) is 10.8. The molecule has 250 valence electrons. The molecule has 0 saturated heterocycles. The Morgan fingerprint density at radius 3 is 2.25 bits per heavy atom. The van der Waals surface area contributed by atoms with Gasteiger partial charge >= 0.3 is 0 Å². The van der Waals surface area contributed by atoms with Gasteiger partial charge in [0, 0.05) is 47.4 Å². The van der Waals surface area contributed by atoms with E-state index in [1.54, 1.807) is 0 Å². The molecular formula is C41H48N4O3. The molecule has 0 radical (unpaired) electrons. The van der Waals surface area contributed by atoms with Crippen molar-refractivity contribution >= 4 is 22.7 Å². The van der Waals surface area contributed by atoms with E-state index in [0.29, 0.717) is 30.1 Å². The lowest BCUT2D eigenvalue weighted by atomic mass is 9.98. The molecule has 0 bridgehead atoms. The zero-order valence-electron chi connectivity index (χ0n) is 29.2. The molecule has 7 heteroatoms. The summed E-state index contributed by atoms with van der Waals surface area (Å²) in [6, 6.07) is 30.1. The molecule has 1 heterocycles. The number of likely N-dealkylation sites (N-methyl/N-ethyl adjacent to an activating group) is 1. The van der Waals surface area contributed by atoms with Gasteiger partial charge in [-0.2, -0.15) is 0 Å². The fraction of sp³-hybridized carbons (Fsp3) is 0.317. The second-order valence-electron chi connectivity index (χ2n) is 13.4. The van der Waals surface area contributed by atoms with Crippen molar-refractivity contribution in [2.24, 2.45) is 0 Å². The van der Waals surface area contributed by atoms with E-state index < -0.39 is 6.10 Å². The van der Waals surface area contributed by atoms with Gasteiger partial charge in [-0.15, -0.1) is 0 Å². The van der Waals surface area contributed by atoms with Crippen molar-refractivity contribution in [1.82, 2.24) is 20.1 Å². The van der Waals surface area contributed by atoms with Crippen molar-refractivity contribution in [2.45, 2.75) is 59.2 Å². The van der Waals surface area contributed by atoms with Crippen LogP contribution in [0.1, 0.15) is 81.4 Å². The smallest absolute Gasteiger partial charge is 0.252 e. The summed E-state index contributed by atoms with van der Waals surface area (Å²) < 4.78 is 2.29. The third kappa shape index (κ3) is 7.87. The van der Waals surface area contributed by atoms with Crippen LogP contribution in [0.2, 0.25) is 0 Å². The average Bonchev–Trinajstić information content (AvgIpc) is 3.31. The first-order valence-corrected chi connectivity index (χ1v) is 16.7. The molecule has 4 aromatic carbocycles. The van der Waals surface area contributed by atoms with Crippen LogP contribution < -0.4 is 10.6 Å². The number of aromatic nitrogens is 1. The predicted octanol–water partition coefficient (Wildman–Crippen LogP) is 7.24. The van der Waals surface area contributed by atoms with E-state index in [-0.39, 0.29) is 24.4 Å². The normalized spacial score (nSPS) is 12.8. The van der Waals surface area contributed by atoms with Gasteiger partial charge in [-0.3, -0.25) is 9.59 Å². The topological polar surface area (TPSA) is 86.6 Å². The highest BCUT2D eigenvalue weighted by atomic mass is 16.3. The second-order valence-corrected chi connectivity index (χ2v) is 13.4. The van der Waals surface area contributed by atoms with E-state index in [9.17, 15) is 14.7 Å². The van der Waals surface area contributed by atoms with Crippen molar-refractivity contribution in [3.8, 4) is 11.1 Å². The Balaban J connectivity index is 1.31. The number of nitrogens with one attached hydrogen (secondary N) is 2. The Morgan fingerprint density at radius 2 is 1.54 bits per heavy atom. The molecule has 2 atom stereocenters. The molecule has 5 aromatic rings. The number of amides is 2. The lowest BCUT2D eigenvalue weighted by molar-refractivity contribution is 0.0892. The first-order chi connectivity index (χ1) is 22.9. The molecule has 0 aliphatic carbocycles. The van der Waals surface area contributed by atoms with Crippen LogP contribution in [-0.2, 0) is 6.54 Å². The Hall–Kier alpha value is -4.72. The molecule has 0 fully saturated rings. The number of aliphatic hydroxyl groups excluding tert-OH is 1. The number of aliphatic hydroxyl groups is 1. The summed E-state index contributed by atoms with van der Waals surface area (Å²) in [7, 11) is 3.77. The van der Waals surface area contributed by atoms with Crippen molar-refractivity contribution in [3.63, 3.8) is 0 Å². The summed E-state index contributed by atoms with van der Waals surface area (Å²) in [5, 5.41) is 17.3. The van der Waals surface area contributed by atoms with Crippen molar-refractivity contribution in [2.75, 3.05) is 27.2 Å². The van der Waals surface area contributed by atoms with Gasteiger partial charge in [0.1, 0.15) is 0 Å². The quantitative estimate of drug-likeness (QED) is 0.134. The Labute approximate surface area is 284 Å². The fourth-order valence-corrected chi connectivity index (χ4v) is 6.24. The largest absolute Gasteiger partial charge is 0.390 e. The maximum Gasteiger partial charge on any atom is 0.252 e. The summed E-state index contributed by atoms with van der Waals surface area (Å²) in [5.41, 5.74) is 9.90. The first kappa shape index (κ1) is 34.6. The highest BCUT2D eigenvalue weighted by molar-refractivity contribution is 6.01. The van der Waals surface area contributed by atoms with Gasteiger partial charge in [0.05, 0.1) is 12.1 Å². The number of carbonyl (C=O) groups is 2. The fourth-order valence-electron chi connectivity index (χ4n) is 6.24. The number of nitrogens with zero attached hydrogens (tertiary/aromatic N) is 2. The van der Waals surface area contributed by atoms with Crippen LogP contribution in [0.5, 0.6) is 0 Å². The molecule has 2 amide bonds. The van der Waals surface area contributed by atoms with E-state index in [1.165, 1.54) is 5.56 Å². The lowest BCUT2D eigenvalue weighted by Gasteiger charge is -2.17. The van der Waals surface area contributed by atoms with Crippen LogP contribution in [0.3, 0.4) is 0 Å². The van der Waals surface area contributed by atoms with E-state index in [2.05, 4.69) is 91.4 Å². The van der Waals surface area contributed by atoms with Gasteiger partial charge in [0.15, 0.2) is 0 Å². The summed E-state index contributed by atoms with van der Waals surface area (Å²) >= 11 is 0. The molecule has 1 aromatic heterocycles. The maximum absolute atomic E-state index is 13.3. The third-order valence-corrected chi connectivity index (χ3v) is 9.18. The van der Waals surface area contributed by atoms with Crippen LogP contribution in [0, 0.1) is 13.8 Å². The Morgan fingerprint density at radius 1 is 0.833 bits per heavy atom. The zero-order valence-corrected chi connectivity index (χ0v) is 29.2. The highest BCUT2D eigenvalue weighted by Gasteiger charge is 2.18. The molecular weight excluding hydrogens is 596 g/mol. The molecule has 3 N–H and O–H groups in total. The van der Waals surface area contributed by atoms with Crippen molar-refractivity contribution in [3.05, 3.63) is 130 Å². The molecule has 2 unspecified atom stereocenters. The number of fused-ring (bicyclic) bond motifs is 1. The summed E-state index contributed by atoms with van der Waals surface area (Å²) in [4.78, 5) is 28.3. The molecule has 5 rings (SSSR count). The highest BCUT2D eigenvalue weighted by Crippen LogP contribution is 2.29. The monoisotopic (exact) mass is 644 g/mol. The van der Waals surface area contributed by atoms with Gasteiger partial charge in [0.25, 0.3) is 11.8 Å². The van der Waals surface area contributed by atoms with Gasteiger partial charge in [-0.1, -0.05) is 80.6 Å². The molecule has 7 nitrogen and oxygen atoms in total. The minimum absolute atomic E-state index is 0.0848. The molecule has 48 heavy (non-hydrogen) atoms. The van der Waals surface area contributed by atoms with Crippen LogP contribution in [-0.4, -0.2) is 59.7 Å². The zero-order chi connectivity index (χ0) is 34.5. The van der Waals surface area contributed by atoms with Gasteiger partial charge in [-0.25, -0.2) is 0 Å². The molecule has 0 aliphatic heterocycles. The number of carbonyl (C=O) groups excluding carboxylic acids is 2. The van der Waals surface area contributed by atoms with E-state index in [0.717, 1.165) is 44.4 Å². The first-order valence-electron chi connectivity index (χ1n) is 16.7. The van der Waals surface area contributed by atoms with Crippen molar-refractivity contribution in [1.29, 1.82) is 0 Å². The van der Waals surface area contributed by atoms with E-state index in [1.807, 2.05) is 68.4 Å². The Bertz CT molecular complexity index is 1910. The summed E-state index contributed by atoms with van der Waals surface area (Å²) in [6.45, 7) is 12.0. The van der Waals surface area contributed by atoms with Gasteiger partial charge < -0.3 is 25.2 Å². The minimum Gasteiger partial charge on any atom is -0.390 e. The van der Waals surface area contributed by atoms with Gasteiger partial charge in [0.2, 0.25) is 0 Å². The standard InChI is InChI=1S/C41H48N4O3/c1-26(2)32-11-10-12-33(21-32)28(4)43-40(47)34-19-20-39-38(22-34)27(3)29(5)45(39)24-30-15-17-31(18-16-30)36-13-8-9-14-37(36)41(48)42-23-35(46)25-44(6)7/h8-22,26,28,35,46H,23-25H2,1-7H3,(H,42,48)(H,43,47). The SMILES string of the molecule is Cc1c(C)n(Cc2ccc(-c3ccccc3C(=O)NCC(O)CN(C)C)cc2)c2ccc(C(=O)NC(C)c3cccc(C(C)C)c3)cc12. The predicted molar refractivity (Wildman–Crippen MR) is 196 cm³/mol. The van der Waals surface area contributed by atoms with Crippen LogP contribution in [0.25, 0.3) is 22.0 Å². The van der Waals surface area contributed by atoms with Crippen LogP contribution in [0.4, 0.5) is 0 Å². The average molecular weight is 645 g/mol. The van der Waals surface area contributed by atoms with Crippen LogP contribution in [0.15, 0.2) is 91.0 Å². The summed E-state index contributed by atoms with van der Waals surface area (Å²) in [6.07, 6.45) is -0.641. The minimum atomic E-state index is -0.641. The summed E-state index contributed by atoms with van der Waals surface area (Å²) in [5.74, 6) is 0.136. The second kappa shape index (κ2) is 15.0. The number of hydrogen-bond donors (Lipinski definition) is 3. The number of benzene rings is 4. The van der Waals surface area contributed by atoms with Crippen molar-refractivity contribution < 1.29 is 14.7 Å². The number of rotatable bonds is 12. The van der Waals surface area contributed by atoms with E-state index in [4.69, 9.17) is 0 Å². The third-order valence-electron chi connectivity index (χ3n) is 9.18. The molecule has 0 spiro atoms. The lowest BCUT2D eigenvalue weighted by Crippen LogP contribution is -2.37. The van der Waals surface area contributed by atoms with Crippen LogP contribution >= 0.6 is 0 Å². The number of aryl methyl sites for hydroxylation is 1. The van der Waals surface area contributed by atoms with E-state index >= 15 is 0 Å².